The Bertz CT molecular complexity index is 479. The first-order valence-electron chi connectivity index (χ1n) is 5.85. The van der Waals surface area contributed by atoms with E-state index >= 15 is 0 Å². The molecule has 0 spiro atoms. The van der Waals surface area contributed by atoms with Crippen LogP contribution < -0.4 is 17.0 Å². The van der Waals surface area contributed by atoms with Crippen molar-refractivity contribution >= 4 is 17.6 Å². The topological polar surface area (TPSA) is 92.0 Å². The number of benzene rings is 1. The van der Waals surface area contributed by atoms with Gasteiger partial charge in [0.15, 0.2) is 6.17 Å². The van der Waals surface area contributed by atoms with Gasteiger partial charge in [-0.15, -0.1) is 0 Å². The van der Waals surface area contributed by atoms with E-state index in [4.69, 9.17) is 11.6 Å². The lowest BCUT2D eigenvalue weighted by Gasteiger charge is -2.14. The van der Waals surface area contributed by atoms with Gasteiger partial charge in [-0.05, 0) is 17.5 Å². The van der Waals surface area contributed by atoms with E-state index in [0.29, 0.717) is 11.6 Å². The third-order valence-corrected chi connectivity index (χ3v) is 2.80. The summed E-state index contributed by atoms with van der Waals surface area (Å²) < 4.78 is 0. The highest BCUT2D eigenvalue weighted by Crippen LogP contribution is 2.23. The second-order valence-electron chi connectivity index (χ2n) is 4.46. The van der Waals surface area contributed by atoms with Crippen LogP contribution in [0, 0.1) is 0 Å². The summed E-state index contributed by atoms with van der Waals surface area (Å²) in [4.78, 5) is 0. The Morgan fingerprint density at radius 3 is 2.72 bits per heavy atom. The molecule has 1 aromatic carbocycles. The lowest BCUT2D eigenvalue weighted by molar-refractivity contribution is 0.280. The minimum Gasteiger partial charge on any atom is -0.303 e. The zero-order valence-electron chi connectivity index (χ0n) is 10.5. The van der Waals surface area contributed by atoms with E-state index in [1.54, 1.807) is 6.21 Å². The third-order valence-electron chi connectivity index (χ3n) is 2.80. The van der Waals surface area contributed by atoms with Gasteiger partial charge in [-0.2, -0.15) is 10.2 Å². The van der Waals surface area contributed by atoms with Crippen molar-refractivity contribution in [3.05, 3.63) is 29.8 Å². The van der Waals surface area contributed by atoms with E-state index in [9.17, 15) is 0 Å². The van der Waals surface area contributed by atoms with E-state index in [0.717, 1.165) is 5.69 Å². The van der Waals surface area contributed by atoms with Crippen LogP contribution in [-0.2, 0) is 0 Å². The Kier molecular flexibility index (Phi) is 3.59. The van der Waals surface area contributed by atoms with Crippen LogP contribution in [-0.4, -0.2) is 23.2 Å². The van der Waals surface area contributed by atoms with Crippen molar-refractivity contribution in [3.63, 3.8) is 0 Å². The first-order chi connectivity index (χ1) is 8.59. The average Bonchev–Trinajstić information content (AvgIpc) is 2.68. The zero-order valence-corrected chi connectivity index (χ0v) is 10.5. The SMILES string of the molecule is CC(C)c1ccccc1NN=C1C=NN(N)C1N. The summed E-state index contributed by atoms with van der Waals surface area (Å²) in [5, 5.41) is 9.27. The van der Waals surface area contributed by atoms with Gasteiger partial charge in [0.2, 0.25) is 0 Å². The van der Waals surface area contributed by atoms with Gasteiger partial charge in [-0.3, -0.25) is 5.43 Å². The zero-order chi connectivity index (χ0) is 13.1. The van der Waals surface area contributed by atoms with E-state index < -0.39 is 6.17 Å². The van der Waals surface area contributed by atoms with Crippen LogP contribution in [0.25, 0.3) is 0 Å². The minimum absolute atomic E-state index is 0.422. The van der Waals surface area contributed by atoms with Crippen LogP contribution in [0.3, 0.4) is 0 Å². The maximum Gasteiger partial charge on any atom is 0.157 e. The van der Waals surface area contributed by atoms with Gasteiger partial charge in [0, 0.05) is 0 Å². The molecule has 96 valence electrons. The third kappa shape index (κ3) is 2.49. The lowest BCUT2D eigenvalue weighted by atomic mass is 10.0. The first-order valence-corrected chi connectivity index (χ1v) is 5.85. The highest BCUT2D eigenvalue weighted by Gasteiger charge is 2.20. The van der Waals surface area contributed by atoms with Gasteiger partial charge in [-0.25, -0.2) is 11.0 Å². The van der Waals surface area contributed by atoms with Crippen LogP contribution in [0.2, 0.25) is 0 Å². The quantitative estimate of drug-likeness (QED) is 0.549. The molecule has 6 nitrogen and oxygen atoms in total. The second-order valence-corrected chi connectivity index (χ2v) is 4.46. The van der Waals surface area contributed by atoms with Crippen molar-refractivity contribution in [2.24, 2.45) is 21.8 Å². The number of hydrazone groups is 2. The van der Waals surface area contributed by atoms with Gasteiger partial charge in [0.25, 0.3) is 0 Å². The number of para-hydroxylation sites is 1. The summed E-state index contributed by atoms with van der Waals surface area (Å²) in [6, 6.07) is 8.03. The van der Waals surface area contributed by atoms with Gasteiger partial charge in [-0.1, -0.05) is 32.0 Å². The molecule has 2 rings (SSSR count). The molecule has 18 heavy (non-hydrogen) atoms. The number of rotatable bonds is 3. The summed E-state index contributed by atoms with van der Waals surface area (Å²) in [7, 11) is 0. The Morgan fingerprint density at radius 2 is 2.11 bits per heavy atom. The van der Waals surface area contributed by atoms with Gasteiger partial charge in [0.05, 0.1) is 11.9 Å². The van der Waals surface area contributed by atoms with Gasteiger partial charge < -0.3 is 5.73 Å². The molecule has 1 aliphatic rings. The summed E-state index contributed by atoms with van der Waals surface area (Å²) in [5.41, 5.74) is 11.6. The molecular weight excluding hydrogens is 228 g/mol. The number of hydrazine groups is 1. The number of hydrogen-bond acceptors (Lipinski definition) is 6. The number of hydrogen-bond donors (Lipinski definition) is 3. The lowest BCUT2D eigenvalue weighted by Crippen LogP contribution is -2.44. The summed E-state index contributed by atoms with van der Waals surface area (Å²) >= 11 is 0. The fourth-order valence-electron chi connectivity index (χ4n) is 1.73. The predicted octanol–water partition coefficient (Wildman–Crippen LogP) is 1.04. The van der Waals surface area contributed by atoms with Crippen molar-refractivity contribution in [1.82, 2.24) is 5.12 Å². The number of nitrogens with one attached hydrogen (secondary N) is 1. The molecule has 1 atom stereocenters. The number of nitrogens with two attached hydrogens (primary N) is 2. The van der Waals surface area contributed by atoms with Crippen LogP contribution in [0.5, 0.6) is 0 Å². The first kappa shape index (κ1) is 12.5. The normalized spacial score (nSPS) is 21.1. The van der Waals surface area contributed by atoms with Crippen molar-refractivity contribution in [1.29, 1.82) is 0 Å². The molecular formula is C12H18N6. The molecule has 1 aliphatic heterocycles. The van der Waals surface area contributed by atoms with Crippen LogP contribution >= 0.6 is 0 Å². The van der Waals surface area contributed by atoms with Crippen molar-refractivity contribution in [3.8, 4) is 0 Å². The fourth-order valence-corrected chi connectivity index (χ4v) is 1.73. The molecule has 0 amide bonds. The number of nitrogens with zero attached hydrogens (tertiary/aromatic N) is 3. The van der Waals surface area contributed by atoms with Gasteiger partial charge in [0.1, 0.15) is 5.71 Å². The average molecular weight is 246 g/mol. The molecule has 0 aromatic heterocycles. The van der Waals surface area contributed by atoms with Gasteiger partial charge >= 0.3 is 0 Å². The molecule has 0 saturated carbocycles. The van der Waals surface area contributed by atoms with Crippen LogP contribution in [0.4, 0.5) is 5.69 Å². The molecule has 0 radical (unpaired) electrons. The van der Waals surface area contributed by atoms with Crippen LogP contribution in [0.1, 0.15) is 25.3 Å². The molecule has 0 aliphatic carbocycles. The summed E-state index contributed by atoms with van der Waals surface area (Å²) in [6.07, 6.45) is 1.05. The van der Waals surface area contributed by atoms with Crippen molar-refractivity contribution < 1.29 is 0 Å². The smallest absolute Gasteiger partial charge is 0.157 e. The monoisotopic (exact) mass is 246 g/mol. The molecule has 1 heterocycles. The summed E-state index contributed by atoms with van der Waals surface area (Å²) in [5.74, 6) is 5.94. The summed E-state index contributed by atoms with van der Waals surface area (Å²) in [6.45, 7) is 4.27. The Labute approximate surface area is 106 Å². The van der Waals surface area contributed by atoms with E-state index in [-0.39, 0.29) is 0 Å². The molecule has 1 aromatic rings. The van der Waals surface area contributed by atoms with E-state index in [1.165, 1.54) is 10.7 Å². The van der Waals surface area contributed by atoms with Crippen LogP contribution in [0.15, 0.2) is 34.5 Å². The Hall–Kier alpha value is -1.92. The highest BCUT2D eigenvalue weighted by atomic mass is 15.7. The maximum absolute atomic E-state index is 5.79. The highest BCUT2D eigenvalue weighted by molar-refractivity contribution is 6.34. The number of anilines is 1. The molecule has 0 bridgehead atoms. The van der Waals surface area contributed by atoms with Crippen molar-refractivity contribution in [2.45, 2.75) is 25.9 Å². The maximum atomic E-state index is 5.79. The fraction of sp³-hybridized carbons (Fsp3) is 0.333. The predicted molar refractivity (Wildman–Crippen MR) is 74.1 cm³/mol. The largest absolute Gasteiger partial charge is 0.303 e. The van der Waals surface area contributed by atoms with Crippen molar-refractivity contribution in [2.75, 3.05) is 5.43 Å². The minimum atomic E-state index is -0.497. The molecule has 5 N–H and O–H groups in total. The molecule has 6 heteroatoms. The molecule has 1 unspecified atom stereocenters. The second kappa shape index (κ2) is 5.16. The van der Waals surface area contributed by atoms with E-state index in [1.807, 2.05) is 18.2 Å². The Balaban J connectivity index is 2.16. The molecule has 0 saturated heterocycles. The standard InChI is InChI=1S/C12H18N6/c1-8(2)9-5-3-4-6-10(9)16-17-11-7-15-18(14)12(11)13/h3-8,12,16H,13-14H2,1-2H3. The van der Waals surface area contributed by atoms with E-state index in [2.05, 4.69) is 35.5 Å². The molecule has 0 fully saturated rings. The Morgan fingerprint density at radius 1 is 1.39 bits per heavy atom.